The van der Waals surface area contributed by atoms with Gasteiger partial charge in [-0.25, -0.2) is 13.4 Å². The van der Waals surface area contributed by atoms with E-state index >= 15 is 0 Å². The molecule has 1 fully saturated rings. The molecule has 5 rings (SSSR count). The molecule has 0 bridgehead atoms. The van der Waals surface area contributed by atoms with E-state index in [9.17, 15) is 21.6 Å². The standard InChI is InChI=1S/C29H29F3N4O4S/c1-19-12-21(29(30,31)32)6-10-26(19)34-27-11-9-24(13-25(27)28-15-36(18-33-28)22-16-40-17-22)41(37,38)35(2)14-20-4-7-23(39-3)8-5-20/h4-13,15,18,22,26,34H,1,14,16-17H2,2-3H3. The third kappa shape index (κ3) is 6.09. The van der Waals surface area contributed by atoms with Crippen LogP contribution in [0.4, 0.5) is 18.9 Å². The molecule has 1 unspecified atom stereocenters. The highest BCUT2D eigenvalue weighted by Gasteiger charge is 2.34. The largest absolute Gasteiger partial charge is 0.497 e. The summed E-state index contributed by atoms with van der Waals surface area (Å²) in [6, 6.07) is 11.2. The highest BCUT2D eigenvalue weighted by atomic mass is 32.2. The number of imidazole rings is 1. The van der Waals surface area contributed by atoms with E-state index in [1.54, 1.807) is 50.0 Å². The summed E-state index contributed by atoms with van der Waals surface area (Å²) in [6.07, 6.45) is 2.35. The Morgan fingerprint density at radius 2 is 1.93 bits per heavy atom. The fourth-order valence-corrected chi connectivity index (χ4v) is 5.68. The van der Waals surface area contributed by atoms with Crippen molar-refractivity contribution in [1.82, 2.24) is 13.9 Å². The molecule has 8 nitrogen and oxygen atoms in total. The number of aromatic nitrogens is 2. The summed E-state index contributed by atoms with van der Waals surface area (Å²) < 4.78 is 80.3. The van der Waals surface area contributed by atoms with Crippen LogP contribution < -0.4 is 10.1 Å². The van der Waals surface area contributed by atoms with Crippen molar-refractivity contribution in [2.24, 2.45) is 0 Å². The lowest BCUT2D eigenvalue weighted by atomic mass is 9.97. The first-order valence-electron chi connectivity index (χ1n) is 12.7. The lowest BCUT2D eigenvalue weighted by Crippen LogP contribution is -2.29. The van der Waals surface area contributed by atoms with Crippen molar-refractivity contribution in [2.75, 3.05) is 32.7 Å². The number of sulfonamides is 1. The van der Waals surface area contributed by atoms with Gasteiger partial charge in [-0.05, 0) is 47.5 Å². The molecular formula is C29H29F3N4O4S. The van der Waals surface area contributed by atoms with E-state index in [2.05, 4.69) is 16.9 Å². The number of benzene rings is 2. The minimum absolute atomic E-state index is 0.0489. The molecule has 3 aromatic rings. The monoisotopic (exact) mass is 586 g/mol. The van der Waals surface area contributed by atoms with Crippen molar-refractivity contribution in [2.45, 2.75) is 29.7 Å². The second-order valence-electron chi connectivity index (χ2n) is 9.87. The first kappa shape index (κ1) is 28.7. The Hall–Kier alpha value is -3.87. The second kappa shape index (κ2) is 11.2. The predicted molar refractivity (Wildman–Crippen MR) is 149 cm³/mol. The van der Waals surface area contributed by atoms with Gasteiger partial charge in [0.25, 0.3) is 0 Å². The first-order valence-corrected chi connectivity index (χ1v) is 14.2. The molecule has 41 heavy (non-hydrogen) atoms. The molecule has 1 aromatic heterocycles. The highest BCUT2D eigenvalue weighted by Crippen LogP contribution is 2.35. The van der Waals surface area contributed by atoms with Gasteiger partial charge < -0.3 is 19.4 Å². The number of nitrogens with one attached hydrogen (secondary N) is 1. The third-order valence-corrected chi connectivity index (χ3v) is 8.83. The molecular weight excluding hydrogens is 557 g/mol. The van der Waals surface area contributed by atoms with Crippen molar-refractivity contribution >= 4 is 15.7 Å². The van der Waals surface area contributed by atoms with Gasteiger partial charge in [0.05, 0.1) is 54.9 Å². The summed E-state index contributed by atoms with van der Waals surface area (Å²) in [4.78, 5) is 4.55. The maximum atomic E-state index is 13.6. The van der Waals surface area contributed by atoms with Gasteiger partial charge >= 0.3 is 6.18 Å². The Labute approximate surface area is 236 Å². The molecule has 216 valence electrons. The molecule has 1 saturated heterocycles. The molecule has 0 spiro atoms. The van der Waals surface area contributed by atoms with Crippen molar-refractivity contribution in [3.05, 3.63) is 96.5 Å². The number of halogens is 3. The summed E-state index contributed by atoms with van der Waals surface area (Å²) in [7, 11) is -0.862. The van der Waals surface area contributed by atoms with Crippen molar-refractivity contribution in [3.63, 3.8) is 0 Å². The van der Waals surface area contributed by atoms with Crippen LogP contribution in [0.25, 0.3) is 11.3 Å². The fourth-order valence-electron chi connectivity index (χ4n) is 4.49. The minimum Gasteiger partial charge on any atom is -0.497 e. The molecule has 0 amide bonds. The van der Waals surface area contributed by atoms with Gasteiger partial charge in [0.2, 0.25) is 10.0 Å². The topological polar surface area (TPSA) is 85.7 Å². The maximum Gasteiger partial charge on any atom is 0.416 e. The fraction of sp³-hybridized carbons (Fsp3) is 0.276. The summed E-state index contributed by atoms with van der Waals surface area (Å²) in [5.41, 5.74) is 1.70. The van der Waals surface area contributed by atoms with Gasteiger partial charge in [0.1, 0.15) is 5.75 Å². The van der Waals surface area contributed by atoms with Gasteiger partial charge in [-0.3, -0.25) is 0 Å². The average Bonchev–Trinajstić information content (AvgIpc) is 3.38. The summed E-state index contributed by atoms with van der Waals surface area (Å²) in [5.74, 6) is 0.667. The number of anilines is 1. The summed E-state index contributed by atoms with van der Waals surface area (Å²) in [6.45, 7) is 5.03. The molecule has 0 radical (unpaired) electrons. The van der Waals surface area contributed by atoms with Gasteiger partial charge in [0, 0.05) is 31.0 Å². The van der Waals surface area contributed by atoms with Crippen LogP contribution in [0.5, 0.6) is 5.75 Å². The van der Waals surface area contributed by atoms with Crippen LogP contribution in [0.3, 0.4) is 0 Å². The summed E-state index contributed by atoms with van der Waals surface area (Å²) in [5, 5.41) is 3.20. The number of ether oxygens (including phenoxy) is 2. The van der Waals surface area contributed by atoms with E-state index < -0.39 is 27.8 Å². The van der Waals surface area contributed by atoms with Crippen LogP contribution in [0.2, 0.25) is 0 Å². The Kier molecular flexibility index (Phi) is 7.82. The zero-order valence-corrected chi connectivity index (χ0v) is 23.2. The quantitative estimate of drug-likeness (QED) is 0.364. The van der Waals surface area contributed by atoms with Crippen LogP contribution in [0, 0.1) is 0 Å². The lowest BCUT2D eigenvalue weighted by Gasteiger charge is -2.26. The molecule has 2 aliphatic rings. The Balaban J connectivity index is 1.46. The molecule has 1 aliphatic carbocycles. The number of alkyl halides is 3. The van der Waals surface area contributed by atoms with Crippen LogP contribution in [-0.2, 0) is 21.3 Å². The van der Waals surface area contributed by atoms with Gasteiger partial charge in [-0.1, -0.05) is 30.9 Å². The molecule has 1 N–H and O–H groups in total. The van der Waals surface area contributed by atoms with Crippen LogP contribution in [-0.4, -0.2) is 61.9 Å². The Morgan fingerprint density at radius 1 is 1.20 bits per heavy atom. The molecule has 2 aromatic carbocycles. The SMILES string of the molecule is C=C1C=C(C(F)(F)F)C=CC1Nc1ccc(S(=O)(=O)N(C)Cc2ccc(OC)cc2)cc1-c1cn(C2COC2)cn1. The Bertz CT molecular complexity index is 1610. The van der Waals surface area contributed by atoms with E-state index in [1.807, 2.05) is 4.57 Å². The number of hydrogen-bond donors (Lipinski definition) is 1. The zero-order chi connectivity index (χ0) is 29.4. The number of hydrogen-bond acceptors (Lipinski definition) is 6. The predicted octanol–water partition coefficient (Wildman–Crippen LogP) is 5.35. The van der Waals surface area contributed by atoms with E-state index in [0.717, 1.165) is 17.7 Å². The lowest BCUT2D eigenvalue weighted by molar-refractivity contribution is -0.0883. The third-order valence-electron chi connectivity index (χ3n) is 7.03. The smallest absolute Gasteiger partial charge is 0.416 e. The second-order valence-corrected chi connectivity index (χ2v) is 11.9. The van der Waals surface area contributed by atoms with Crippen LogP contribution in [0.15, 0.2) is 95.8 Å². The van der Waals surface area contributed by atoms with E-state index in [-0.39, 0.29) is 23.1 Å². The number of methoxy groups -OCH3 is 1. The molecule has 1 aliphatic heterocycles. The number of nitrogens with zero attached hydrogens (tertiary/aromatic N) is 3. The highest BCUT2D eigenvalue weighted by molar-refractivity contribution is 7.89. The van der Waals surface area contributed by atoms with Gasteiger partial charge in [0.15, 0.2) is 0 Å². The zero-order valence-electron chi connectivity index (χ0n) is 22.4. The van der Waals surface area contributed by atoms with Gasteiger partial charge in [-0.2, -0.15) is 17.5 Å². The van der Waals surface area contributed by atoms with E-state index in [0.29, 0.717) is 35.9 Å². The van der Waals surface area contributed by atoms with Crippen LogP contribution in [0.1, 0.15) is 11.6 Å². The Morgan fingerprint density at radius 3 is 2.54 bits per heavy atom. The normalized spacial score (nSPS) is 17.9. The van der Waals surface area contributed by atoms with Crippen molar-refractivity contribution < 1.29 is 31.1 Å². The van der Waals surface area contributed by atoms with Gasteiger partial charge in [-0.15, -0.1) is 0 Å². The number of allylic oxidation sites excluding steroid dienone is 2. The molecule has 2 heterocycles. The van der Waals surface area contributed by atoms with Crippen LogP contribution >= 0.6 is 0 Å². The summed E-state index contributed by atoms with van der Waals surface area (Å²) >= 11 is 0. The first-order chi connectivity index (χ1) is 19.5. The minimum atomic E-state index is -4.48. The molecule has 1 atom stereocenters. The molecule has 12 heteroatoms. The molecule has 0 saturated carbocycles. The van der Waals surface area contributed by atoms with E-state index in [1.165, 1.54) is 29.6 Å². The van der Waals surface area contributed by atoms with Crippen molar-refractivity contribution in [1.29, 1.82) is 0 Å². The maximum absolute atomic E-state index is 13.6. The average molecular weight is 587 g/mol. The number of rotatable bonds is 9. The van der Waals surface area contributed by atoms with Crippen molar-refractivity contribution in [3.8, 4) is 17.0 Å². The van der Waals surface area contributed by atoms with E-state index in [4.69, 9.17) is 9.47 Å².